The molecule has 0 spiro atoms. The summed E-state index contributed by atoms with van der Waals surface area (Å²) in [6, 6.07) is 43.4. The fourth-order valence-corrected chi connectivity index (χ4v) is 9.55. The van der Waals surface area contributed by atoms with Crippen molar-refractivity contribution in [1.82, 2.24) is 15.0 Å². The SMILES string of the molecule is Cc1c(Br)cc(-c2nc(-c3ccc(C(C)(C)C)cc3)nc(-c3ccc(C(C)(C)C)cc3)n2)cc1Br.Cc1c(Br)cc(N(c2ccc(C(C)(C)C)cc2)c2ccc(C(C)(C)C)cc2)cc1Br. The highest BCUT2D eigenvalue weighted by Gasteiger charge is 2.21. The number of benzene rings is 6. The third-order valence-electron chi connectivity index (χ3n) is 11.7. The molecule has 0 N–H and O–H groups in total. The summed E-state index contributed by atoms with van der Waals surface area (Å²) >= 11 is 14.8. The van der Waals surface area contributed by atoms with Crippen molar-refractivity contribution >= 4 is 80.8 Å². The first-order chi connectivity index (χ1) is 30.2. The van der Waals surface area contributed by atoms with E-state index in [9.17, 15) is 0 Å². The number of anilines is 3. The summed E-state index contributed by atoms with van der Waals surface area (Å²) in [5, 5.41) is 0. The zero-order chi connectivity index (χ0) is 47.8. The van der Waals surface area contributed by atoms with Gasteiger partial charge in [-0.3, -0.25) is 0 Å². The second-order valence-corrected chi connectivity index (χ2v) is 24.4. The fourth-order valence-electron chi connectivity index (χ4n) is 7.21. The van der Waals surface area contributed by atoms with Crippen LogP contribution in [0.5, 0.6) is 0 Å². The number of rotatable bonds is 6. The van der Waals surface area contributed by atoms with Crippen LogP contribution in [0.1, 0.15) is 116 Å². The Balaban J connectivity index is 0.000000218. The lowest BCUT2D eigenvalue weighted by molar-refractivity contribution is 0.590. The van der Waals surface area contributed by atoms with Crippen molar-refractivity contribution < 1.29 is 0 Å². The topological polar surface area (TPSA) is 41.9 Å². The van der Waals surface area contributed by atoms with Crippen LogP contribution < -0.4 is 4.90 Å². The van der Waals surface area contributed by atoms with Crippen molar-refractivity contribution in [3.63, 3.8) is 0 Å². The third-order valence-corrected chi connectivity index (χ3v) is 15.0. The molecule has 8 heteroatoms. The maximum atomic E-state index is 4.90. The maximum Gasteiger partial charge on any atom is 0.164 e. The zero-order valence-corrected chi connectivity index (χ0v) is 46.7. The van der Waals surface area contributed by atoms with E-state index in [1.165, 1.54) is 27.8 Å². The van der Waals surface area contributed by atoms with Gasteiger partial charge in [-0.2, -0.15) is 0 Å². The number of hydrogen-bond donors (Lipinski definition) is 0. The van der Waals surface area contributed by atoms with E-state index in [0.717, 1.165) is 57.2 Å². The molecule has 0 aliphatic rings. The molecular weight excluding hydrogens is 1060 g/mol. The van der Waals surface area contributed by atoms with Crippen LogP contribution in [-0.2, 0) is 21.7 Å². The van der Waals surface area contributed by atoms with Crippen molar-refractivity contribution in [1.29, 1.82) is 0 Å². The Kier molecular flexibility index (Phi) is 15.3. The fraction of sp³-hybridized carbons (Fsp3) is 0.316. The molecule has 0 saturated heterocycles. The molecule has 7 rings (SSSR count). The molecule has 0 bridgehead atoms. The van der Waals surface area contributed by atoms with Crippen molar-refractivity contribution in [3.05, 3.63) is 173 Å². The Morgan fingerprint density at radius 2 is 0.569 bits per heavy atom. The molecule has 65 heavy (non-hydrogen) atoms. The van der Waals surface area contributed by atoms with E-state index < -0.39 is 0 Å². The van der Waals surface area contributed by atoms with Gasteiger partial charge in [0, 0.05) is 51.6 Å². The van der Waals surface area contributed by atoms with E-state index in [0.29, 0.717) is 17.5 Å². The Morgan fingerprint density at radius 1 is 0.323 bits per heavy atom. The molecule has 1 heterocycles. The minimum Gasteiger partial charge on any atom is -0.310 e. The van der Waals surface area contributed by atoms with Crippen molar-refractivity contribution in [2.24, 2.45) is 0 Å². The maximum absolute atomic E-state index is 4.90. The first-order valence-corrected chi connectivity index (χ1v) is 25.3. The Hall–Kier alpha value is -3.95. The molecule has 1 aromatic heterocycles. The largest absolute Gasteiger partial charge is 0.310 e. The lowest BCUT2D eigenvalue weighted by Gasteiger charge is -2.28. The molecule has 0 saturated carbocycles. The summed E-state index contributed by atoms with van der Waals surface area (Å²) in [4.78, 5) is 17.0. The van der Waals surface area contributed by atoms with Crippen molar-refractivity contribution in [3.8, 4) is 34.2 Å². The highest BCUT2D eigenvalue weighted by Crippen LogP contribution is 2.41. The van der Waals surface area contributed by atoms with Gasteiger partial charge in [0.2, 0.25) is 0 Å². The minimum atomic E-state index is 0.0865. The van der Waals surface area contributed by atoms with Gasteiger partial charge in [-0.1, -0.05) is 220 Å². The van der Waals surface area contributed by atoms with Crippen LogP contribution in [0.4, 0.5) is 17.1 Å². The summed E-state index contributed by atoms with van der Waals surface area (Å²) < 4.78 is 4.20. The monoisotopic (exact) mass is 1120 g/mol. The van der Waals surface area contributed by atoms with Crippen LogP contribution in [0.3, 0.4) is 0 Å². The molecule has 0 amide bonds. The highest BCUT2D eigenvalue weighted by atomic mass is 79.9. The van der Waals surface area contributed by atoms with Gasteiger partial charge < -0.3 is 4.90 Å². The first kappa shape index (κ1) is 50.5. The summed E-state index contributed by atoms with van der Waals surface area (Å²) in [6.07, 6.45) is 0. The molecule has 338 valence electrons. The Bertz CT molecular complexity index is 2590. The first-order valence-electron chi connectivity index (χ1n) is 22.1. The average Bonchev–Trinajstić information content (AvgIpc) is 3.24. The predicted molar refractivity (Wildman–Crippen MR) is 292 cm³/mol. The number of nitrogens with zero attached hydrogens (tertiary/aromatic N) is 4. The van der Waals surface area contributed by atoms with Crippen LogP contribution in [0.25, 0.3) is 34.2 Å². The lowest BCUT2D eigenvalue weighted by Crippen LogP contribution is -2.14. The van der Waals surface area contributed by atoms with Gasteiger partial charge in [0.25, 0.3) is 0 Å². The van der Waals surface area contributed by atoms with E-state index in [4.69, 9.17) is 15.0 Å². The van der Waals surface area contributed by atoms with Crippen molar-refractivity contribution in [2.45, 2.75) is 119 Å². The molecule has 0 atom stereocenters. The van der Waals surface area contributed by atoms with Crippen LogP contribution >= 0.6 is 63.7 Å². The van der Waals surface area contributed by atoms with Crippen LogP contribution in [-0.4, -0.2) is 15.0 Å². The van der Waals surface area contributed by atoms with Gasteiger partial charge >= 0.3 is 0 Å². The smallest absolute Gasteiger partial charge is 0.164 e. The van der Waals surface area contributed by atoms with Gasteiger partial charge in [0.1, 0.15) is 0 Å². The zero-order valence-electron chi connectivity index (χ0n) is 40.3. The Labute approximate surface area is 422 Å². The summed E-state index contributed by atoms with van der Waals surface area (Å²) in [5.74, 6) is 1.97. The molecule has 0 aliphatic heterocycles. The van der Waals surface area contributed by atoms with Crippen LogP contribution in [0.15, 0.2) is 139 Å². The van der Waals surface area contributed by atoms with Gasteiger partial charge in [0.15, 0.2) is 17.5 Å². The van der Waals surface area contributed by atoms with Crippen molar-refractivity contribution in [2.75, 3.05) is 4.90 Å². The predicted octanol–water partition coefficient (Wildman–Crippen LogP) is 18.9. The number of hydrogen-bond acceptors (Lipinski definition) is 4. The van der Waals surface area contributed by atoms with Gasteiger partial charge in [-0.05, 0) is 117 Å². The molecule has 0 unspecified atom stereocenters. The lowest BCUT2D eigenvalue weighted by atomic mass is 9.86. The highest BCUT2D eigenvalue weighted by molar-refractivity contribution is 9.11. The standard InChI is InChI=1S/C30H31Br2N3.C27H31Br2N/c1-18-24(31)16-21(17-25(18)32)28-34-26(19-8-12-22(13-9-19)29(2,3)4)33-27(35-28)20-10-14-23(15-11-20)30(5,6)7;1-18-24(28)16-23(17-25(18)29)30(21-12-8-19(9-13-21)26(2,3)4)22-14-10-20(11-15-22)27(5,6)7/h8-17H,1-7H3;8-17H,1-7H3. The normalized spacial score (nSPS) is 12.2. The molecule has 4 nitrogen and oxygen atoms in total. The van der Waals surface area contributed by atoms with Gasteiger partial charge in [-0.15, -0.1) is 0 Å². The third kappa shape index (κ3) is 12.3. The summed E-state index contributed by atoms with van der Waals surface area (Å²) in [7, 11) is 0. The summed E-state index contributed by atoms with van der Waals surface area (Å²) in [6.45, 7) is 31.0. The van der Waals surface area contributed by atoms with E-state index in [1.807, 2.05) is 0 Å². The number of halogens is 4. The van der Waals surface area contributed by atoms with E-state index in [-0.39, 0.29) is 21.7 Å². The molecule has 0 radical (unpaired) electrons. The molecule has 0 aliphatic carbocycles. The summed E-state index contributed by atoms with van der Waals surface area (Å²) in [5.41, 5.74) is 14.3. The second-order valence-electron chi connectivity index (χ2n) is 21.0. The number of aromatic nitrogens is 3. The van der Waals surface area contributed by atoms with Gasteiger partial charge in [0.05, 0.1) is 0 Å². The average molecular weight is 1120 g/mol. The van der Waals surface area contributed by atoms with Gasteiger partial charge in [-0.25, -0.2) is 15.0 Å². The molecular formula is C57H62Br4N4. The Morgan fingerprint density at radius 3 is 0.846 bits per heavy atom. The second kappa shape index (κ2) is 19.7. The van der Waals surface area contributed by atoms with Crippen LogP contribution in [0.2, 0.25) is 0 Å². The van der Waals surface area contributed by atoms with E-state index >= 15 is 0 Å². The quantitative estimate of drug-likeness (QED) is 0.166. The minimum absolute atomic E-state index is 0.0865. The molecule has 6 aromatic carbocycles. The van der Waals surface area contributed by atoms with Crippen LogP contribution in [0, 0.1) is 13.8 Å². The molecule has 0 fully saturated rings. The van der Waals surface area contributed by atoms with E-state index in [2.05, 4.69) is 287 Å². The molecule has 7 aromatic rings. The van der Waals surface area contributed by atoms with E-state index in [1.54, 1.807) is 0 Å².